The van der Waals surface area contributed by atoms with E-state index in [9.17, 15) is 4.79 Å². The first-order valence-corrected chi connectivity index (χ1v) is 5.00. The molecule has 0 unspecified atom stereocenters. The minimum Gasteiger partial charge on any atom is -0.497 e. The molecule has 0 spiro atoms. The molecule has 2 aromatic rings. The van der Waals surface area contributed by atoms with Gasteiger partial charge >= 0.3 is 5.97 Å². The van der Waals surface area contributed by atoms with Crippen LogP contribution in [0.15, 0.2) is 41.1 Å². The summed E-state index contributed by atoms with van der Waals surface area (Å²) in [5.41, 5.74) is 1.04. The Kier molecular flexibility index (Phi) is 3.40. The Labute approximate surface area is 97.9 Å². The molecule has 0 aliphatic heterocycles. The van der Waals surface area contributed by atoms with Crippen molar-refractivity contribution in [2.75, 3.05) is 7.11 Å². The van der Waals surface area contributed by atoms with Gasteiger partial charge in [0.1, 0.15) is 24.3 Å². The number of benzene rings is 1. The Hall–Kier alpha value is -2.30. The number of ether oxygens (including phenoxy) is 2. The molecule has 1 aromatic heterocycles. The summed E-state index contributed by atoms with van der Waals surface area (Å²) in [5.74, 6) is 0.286. The number of rotatable bonds is 4. The summed E-state index contributed by atoms with van der Waals surface area (Å²) >= 11 is 0. The largest absolute Gasteiger partial charge is 0.497 e. The molecule has 0 bridgehead atoms. The maximum absolute atomic E-state index is 11.6. The van der Waals surface area contributed by atoms with Gasteiger partial charge < -0.3 is 14.0 Å². The first-order chi connectivity index (χ1) is 8.29. The van der Waals surface area contributed by atoms with Gasteiger partial charge in [-0.3, -0.25) is 0 Å². The average Bonchev–Trinajstić information content (AvgIpc) is 2.89. The molecule has 0 N–H and O–H groups in total. The molecule has 0 aliphatic rings. The Morgan fingerprint density at radius 3 is 2.65 bits per heavy atom. The Bertz CT molecular complexity index is 476. The van der Waals surface area contributed by atoms with Crippen LogP contribution in [-0.2, 0) is 11.3 Å². The second-order valence-electron chi connectivity index (χ2n) is 3.30. The van der Waals surface area contributed by atoms with Gasteiger partial charge in [0, 0.05) is 6.07 Å². The minimum absolute atomic E-state index is 0.0986. The van der Waals surface area contributed by atoms with Gasteiger partial charge in [-0.1, -0.05) is 5.16 Å². The Balaban J connectivity index is 1.95. The normalized spacial score (nSPS) is 9.94. The lowest BCUT2D eigenvalue weighted by Gasteiger charge is -2.03. The highest BCUT2D eigenvalue weighted by atomic mass is 18.1. The van der Waals surface area contributed by atoms with Crippen LogP contribution in [0.5, 0.6) is 5.75 Å². The van der Waals surface area contributed by atoms with E-state index in [4.69, 9.17) is 9.47 Å². The topological polar surface area (TPSA) is 61.6 Å². The van der Waals surface area contributed by atoms with Crippen molar-refractivity contribution in [2.24, 2.45) is 0 Å². The molecule has 0 amide bonds. The van der Waals surface area contributed by atoms with Crippen LogP contribution in [0.1, 0.15) is 16.1 Å². The highest BCUT2D eigenvalue weighted by molar-refractivity contribution is 5.89. The maximum Gasteiger partial charge on any atom is 0.338 e. The predicted molar refractivity (Wildman–Crippen MR) is 58.6 cm³/mol. The summed E-state index contributed by atoms with van der Waals surface area (Å²) < 4.78 is 14.7. The van der Waals surface area contributed by atoms with E-state index in [1.54, 1.807) is 37.4 Å². The summed E-state index contributed by atoms with van der Waals surface area (Å²) in [6, 6.07) is 8.33. The quantitative estimate of drug-likeness (QED) is 0.599. The van der Waals surface area contributed by atoms with E-state index in [2.05, 4.69) is 9.68 Å². The smallest absolute Gasteiger partial charge is 0.338 e. The van der Waals surface area contributed by atoms with Gasteiger partial charge in [-0.15, -0.1) is 0 Å². The lowest BCUT2D eigenvalue weighted by molar-refractivity contribution is 0.0464. The molecule has 0 atom stereocenters. The molecule has 0 saturated heterocycles. The third kappa shape index (κ3) is 2.84. The number of methoxy groups -OCH3 is 1. The highest BCUT2D eigenvalue weighted by Crippen LogP contribution is 2.12. The van der Waals surface area contributed by atoms with Crippen molar-refractivity contribution >= 4 is 5.97 Å². The fraction of sp³-hybridized carbons (Fsp3) is 0.167. The van der Waals surface area contributed by atoms with Crippen molar-refractivity contribution < 1.29 is 18.8 Å². The van der Waals surface area contributed by atoms with Gasteiger partial charge in [-0.05, 0) is 24.3 Å². The van der Waals surface area contributed by atoms with E-state index in [1.807, 2.05) is 0 Å². The second kappa shape index (κ2) is 5.16. The van der Waals surface area contributed by atoms with Crippen molar-refractivity contribution in [3.8, 4) is 5.75 Å². The molecule has 0 fully saturated rings. The Morgan fingerprint density at radius 2 is 2.06 bits per heavy atom. The SMILES string of the molecule is COc1ccc(C(=[18O])OCc2ccon2)cc1. The monoisotopic (exact) mass is 235 g/mol. The number of carbonyl (C=O) groups excluding carboxylic acids is 1. The average molecular weight is 235 g/mol. The molecule has 1 aromatic carbocycles. The molecule has 0 aliphatic carbocycles. The number of hydrogen-bond donors (Lipinski definition) is 0. The summed E-state index contributed by atoms with van der Waals surface area (Å²) in [7, 11) is 1.57. The van der Waals surface area contributed by atoms with Gasteiger partial charge in [0.05, 0.1) is 12.7 Å². The molecular formula is C12H11NO4. The zero-order valence-electron chi connectivity index (χ0n) is 9.25. The van der Waals surface area contributed by atoms with E-state index in [0.717, 1.165) is 0 Å². The molecule has 88 valence electrons. The standard InChI is InChI=1S/C12H11NO4/c1-15-11-4-2-9(3-5-11)12(14)16-8-10-6-7-17-13-10/h2-7H,8H2,1H3/i14+2. The first-order valence-electron chi connectivity index (χ1n) is 5.00. The van der Waals surface area contributed by atoms with E-state index in [-0.39, 0.29) is 6.61 Å². The molecule has 17 heavy (non-hydrogen) atoms. The van der Waals surface area contributed by atoms with Crippen molar-refractivity contribution in [2.45, 2.75) is 6.61 Å². The molecule has 0 saturated carbocycles. The van der Waals surface area contributed by atoms with Crippen LogP contribution in [-0.4, -0.2) is 18.2 Å². The molecule has 0 radical (unpaired) electrons. The Morgan fingerprint density at radius 1 is 1.29 bits per heavy atom. The summed E-state index contributed by atoms with van der Waals surface area (Å²) in [5, 5.41) is 3.64. The van der Waals surface area contributed by atoms with E-state index < -0.39 is 5.97 Å². The zero-order chi connectivity index (χ0) is 12.1. The number of hydrogen-bond acceptors (Lipinski definition) is 5. The highest BCUT2D eigenvalue weighted by Gasteiger charge is 2.08. The molecule has 5 nitrogen and oxygen atoms in total. The fourth-order valence-electron chi connectivity index (χ4n) is 1.26. The number of carbonyl (C=O) groups is 1. The lowest BCUT2D eigenvalue weighted by atomic mass is 10.2. The van der Waals surface area contributed by atoms with Crippen LogP contribution in [0.25, 0.3) is 0 Å². The van der Waals surface area contributed by atoms with Crippen LogP contribution >= 0.6 is 0 Å². The van der Waals surface area contributed by atoms with Gasteiger partial charge in [0.2, 0.25) is 0 Å². The van der Waals surface area contributed by atoms with E-state index >= 15 is 0 Å². The second-order valence-corrected chi connectivity index (χ2v) is 3.30. The fourth-order valence-corrected chi connectivity index (χ4v) is 1.26. The van der Waals surface area contributed by atoms with Crippen LogP contribution in [0.3, 0.4) is 0 Å². The maximum atomic E-state index is 11.6. The van der Waals surface area contributed by atoms with Crippen LogP contribution in [0.4, 0.5) is 0 Å². The van der Waals surface area contributed by atoms with Gasteiger partial charge in [-0.2, -0.15) is 0 Å². The van der Waals surface area contributed by atoms with Gasteiger partial charge in [0.25, 0.3) is 0 Å². The minimum atomic E-state index is -0.407. The van der Waals surface area contributed by atoms with Crippen LogP contribution in [0.2, 0.25) is 0 Å². The van der Waals surface area contributed by atoms with Crippen molar-refractivity contribution in [3.63, 3.8) is 0 Å². The summed E-state index contributed by atoms with van der Waals surface area (Å²) in [4.78, 5) is 11.6. The van der Waals surface area contributed by atoms with Crippen molar-refractivity contribution in [1.29, 1.82) is 0 Å². The lowest BCUT2D eigenvalue weighted by Crippen LogP contribution is -2.05. The number of aromatic nitrogens is 1. The van der Waals surface area contributed by atoms with Crippen LogP contribution in [0, 0.1) is 0 Å². The van der Waals surface area contributed by atoms with Gasteiger partial charge in [-0.25, -0.2) is 4.79 Å². The number of nitrogens with zero attached hydrogens (tertiary/aromatic N) is 1. The van der Waals surface area contributed by atoms with Crippen molar-refractivity contribution in [3.05, 3.63) is 47.9 Å². The third-order valence-electron chi connectivity index (χ3n) is 2.17. The molecule has 5 heteroatoms. The van der Waals surface area contributed by atoms with Crippen molar-refractivity contribution in [1.82, 2.24) is 5.16 Å². The summed E-state index contributed by atoms with van der Waals surface area (Å²) in [6.45, 7) is 0.0986. The summed E-state index contributed by atoms with van der Waals surface area (Å²) in [6.07, 6.45) is 1.43. The van der Waals surface area contributed by atoms with E-state index in [1.165, 1.54) is 6.26 Å². The predicted octanol–water partition coefficient (Wildman–Crippen LogP) is 2.04. The van der Waals surface area contributed by atoms with Crippen LogP contribution < -0.4 is 4.74 Å². The third-order valence-corrected chi connectivity index (χ3v) is 2.17. The number of esters is 1. The van der Waals surface area contributed by atoms with Gasteiger partial charge in [0.15, 0.2) is 0 Å². The van der Waals surface area contributed by atoms with E-state index in [0.29, 0.717) is 17.0 Å². The first kappa shape index (κ1) is 11.2. The molecule has 2 rings (SSSR count). The molecular weight excluding hydrogens is 224 g/mol. The zero-order valence-corrected chi connectivity index (χ0v) is 9.25. The molecule has 1 heterocycles.